The van der Waals surface area contributed by atoms with E-state index in [0.717, 1.165) is 18.6 Å². The van der Waals surface area contributed by atoms with Crippen molar-refractivity contribution in [1.29, 1.82) is 0 Å². The molecule has 0 amide bonds. The highest BCUT2D eigenvalue weighted by Crippen LogP contribution is 2.32. The van der Waals surface area contributed by atoms with Crippen molar-refractivity contribution >= 4 is 11.0 Å². The number of benzene rings is 2. The Morgan fingerprint density at radius 3 is 2.52 bits per heavy atom. The van der Waals surface area contributed by atoms with E-state index in [1.54, 1.807) is 0 Å². The van der Waals surface area contributed by atoms with Gasteiger partial charge in [0.25, 0.3) is 0 Å². The molecule has 3 heteroatoms. The summed E-state index contributed by atoms with van der Waals surface area (Å²) in [5.74, 6) is 2.27. The Morgan fingerprint density at radius 2 is 1.76 bits per heavy atom. The summed E-state index contributed by atoms with van der Waals surface area (Å²) in [5, 5.41) is 3.49. The second-order valence-electron chi connectivity index (χ2n) is 5.87. The van der Waals surface area contributed by atoms with Crippen LogP contribution in [0.1, 0.15) is 18.7 Å². The standard InChI is InChI=1S/C18H19N3/c1-13-11-19-12-15(13)18-20-16-9-5-6-10-17(16)21(18)14-7-3-2-4-8-14/h2-10,13,15,19H,11-12H2,1H3/t13-,15-/m1/s1. The topological polar surface area (TPSA) is 29.9 Å². The second-order valence-corrected chi connectivity index (χ2v) is 5.87. The molecule has 1 aliphatic rings. The van der Waals surface area contributed by atoms with E-state index in [9.17, 15) is 0 Å². The monoisotopic (exact) mass is 277 g/mol. The minimum atomic E-state index is 0.470. The largest absolute Gasteiger partial charge is 0.316 e. The maximum atomic E-state index is 4.94. The number of para-hydroxylation sites is 3. The molecule has 0 saturated carbocycles. The van der Waals surface area contributed by atoms with Gasteiger partial charge in [-0.05, 0) is 36.7 Å². The third-order valence-corrected chi connectivity index (χ3v) is 4.45. The number of hydrogen-bond acceptors (Lipinski definition) is 2. The Labute approximate surface area is 124 Å². The Kier molecular flexibility index (Phi) is 3.00. The molecule has 0 radical (unpaired) electrons. The van der Waals surface area contributed by atoms with Crippen LogP contribution in [0.25, 0.3) is 16.7 Å². The van der Waals surface area contributed by atoms with Gasteiger partial charge in [-0.3, -0.25) is 4.57 Å². The molecular weight excluding hydrogens is 258 g/mol. The fourth-order valence-corrected chi connectivity index (χ4v) is 3.30. The number of nitrogens with one attached hydrogen (secondary N) is 1. The fourth-order valence-electron chi connectivity index (χ4n) is 3.30. The molecule has 1 N–H and O–H groups in total. The number of nitrogens with zero attached hydrogens (tertiary/aromatic N) is 2. The van der Waals surface area contributed by atoms with E-state index in [-0.39, 0.29) is 0 Å². The lowest BCUT2D eigenvalue weighted by Crippen LogP contribution is -2.14. The molecule has 1 aromatic heterocycles. The van der Waals surface area contributed by atoms with Gasteiger partial charge in [-0.2, -0.15) is 0 Å². The third kappa shape index (κ3) is 2.05. The van der Waals surface area contributed by atoms with Crippen LogP contribution in [0.3, 0.4) is 0 Å². The molecule has 3 nitrogen and oxygen atoms in total. The average molecular weight is 277 g/mol. The molecule has 4 rings (SSSR count). The first kappa shape index (κ1) is 12.6. The van der Waals surface area contributed by atoms with Gasteiger partial charge in [0.05, 0.1) is 11.0 Å². The van der Waals surface area contributed by atoms with Crippen LogP contribution in [-0.4, -0.2) is 22.6 Å². The first-order chi connectivity index (χ1) is 10.3. The van der Waals surface area contributed by atoms with Crippen LogP contribution in [0.15, 0.2) is 54.6 Å². The van der Waals surface area contributed by atoms with Gasteiger partial charge >= 0.3 is 0 Å². The van der Waals surface area contributed by atoms with Crippen molar-refractivity contribution in [2.24, 2.45) is 5.92 Å². The highest BCUT2D eigenvalue weighted by Gasteiger charge is 2.29. The molecule has 1 aliphatic heterocycles. The lowest BCUT2D eigenvalue weighted by Gasteiger charge is -2.16. The molecule has 1 fully saturated rings. The van der Waals surface area contributed by atoms with Crippen molar-refractivity contribution in [2.75, 3.05) is 13.1 Å². The van der Waals surface area contributed by atoms with E-state index < -0.39 is 0 Å². The quantitative estimate of drug-likeness (QED) is 0.778. The summed E-state index contributed by atoms with van der Waals surface area (Å²) in [6, 6.07) is 19.0. The lowest BCUT2D eigenvalue weighted by atomic mass is 9.97. The summed E-state index contributed by atoms with van der Waals surface area (Å²) >= 11 is 0. The Bertz CT molecular complexity index is 760. The molecule has 0 spiro atoms. The highest BCUT2D eigenvalue weighted by atomic mass is 15.1. The molecule has 2 aromatic carbocycles. The predicted molar refractivity (Wildman–Crippen MR) is 85.8 cm³/mol. The SMILES string of the molecule is C[C@@H]1CNC[C@H]1c1nc2ccccc2n1-c1ccccc1. The minimum absolute atomic E-state index is 0.470. The van der Waals surface area contributed by atoms with Crippen LogP contribution in [0.5, 0.6) is 0 Å². The fraction of sp³-hybridized carbons (Fsp3) is 0.278. The zero-order chi connectivity index (χ0) is 14.2. The molecule has 0 aliphatic carbocycles. The van der Waals surface area contributed by atoms with Crippen molar-refractivity contribution in [2.45, 2.75) is 12.8 Å². The van der Waals surface area contributed by atoms with Gasteiger partial charge in [0.1, 0.15) is 5.82 Å². The second kappa shape index (κ2) is 5.01. The summed E-state index contributed by atoms with van der Waals surface area (Å²) in [4.78, 5) is 4.94. The zero-order valence-electron chi connectivity index (χ0n) is 12.2. The summed E-state index contributed by atoms with van der Waals surface area (Å²) in [6.07, 6.45) is 0. The van der Waals surface area contributed by atoms with Gasteiger partial charge in [0.2, 0.25) is 0 Å². The van der Waals surface area contributed by atoms with E-state index in [1.807, 2.05) is 0 Å². The molecule has 106 valence electrons. The van der Waals surface area contributed by atoms with E-state index in [2.05, 4.69) is 71.4 Å². The number of aromatic nitrogens is 2. The van der Waals surface area contributed by atoms with Gasteiger partial charge in [-0.1, -0.05) is 37.3 Å². The van der Waals surface area contributed by atoms with Crippen LogP contribution in [0.4, 0.5) is 0 Å². The van der Waals surface area contributed by atoms with Crippen molar-refractivity contribution in [3.05, 3.63) is 60.4 Å². The van der Waals surface area contributed by atoms with Crippen molar-refractivity contribution in [1.82, 2.24) is 14.9 Å². The number of imidazole rings is 1. The van der Waals surface area contributed by atoms with Crippen LogP contribution in [-0.2, 0) is 0 Å². The molecular formula is C18H19N3. The Morgan fingerprint density at radius 1 is 1.00 bits per heavy atom. The molecule has 0 unspecified atom stereocenters. The summed E-state index contributed by atoms with van der Waals surface area (Å²) in [5.41, 5.74) is 3.47. The average Bonchev–Trinajstić information content (AvgIpc) is 3.11. The minimum Gasteiger partial charge on any atom is -0.316 e. The van der Waals surface area contributed by atoms with Crippen LogP contribution in [0, 0.1) is 5.92 Å². The first-order valence-electron chi connectivity index (χ1n) is 7.58. The van der Waals surface area contributed by atoms with E-state index >= 15 is 0 Å². The smallest absolute Gasteiger partial charge is 0.119 e. The molecule has 21 heavy (non-hydrogen) atoms. The lowest BCUT2D eigenvalue weighted by molar-refractivity contribution is 0.542. The van der Waals surface area contributed by atoms with Gasteiger partial charge < -0.3 is 5.32 Å². The van der Waals surface area contributed by atoms with Crippen molar-refractivity contribution in [3.63, 3.8) is 0 Å². The first-order valence-corrected chi connectivity index (χ1v) is 7.58. The van der Waals surface area contributed by atoms with Crippen LogP contribution >= 0.6 is 0 Å². The van der Waals surface area contributed by atoms with Crippen molar-refractivity contribution in [3.8, 4) is 5.69 Å². The van der Waals surface area contributed by atoms with E-state index in [0.29, 0.717) is 11.8 Å². The molecule has 1 saturated heterocycles. The van der Waals surface area contributed by atoms with Gasteiger partial charge in [-0.15, -0.1) is 0 Å². The van der Waals surface area contributed by atoms with Gasteiger partial charge in [-0.25, -0.2) is 4.98 Å². The van der Waals surface area contributed by atoms with Crippen LogP contribution < -0.4 is 5.32 Å². The maximum Gasteiger partial charge on any atom is 0.119 e. The van der Waals surface area contributed by atoms with Crippen LogP contribution in [0.2, 0.25) is 0 Å². The molecule has 0 bridgehead atoms. The predicted octanol–water partition coefficient (Wildman–Crippen LogP) is 3.35. The normalized spacial score (nSPS) is 22.0. The third-order valence-electron chi connectivity index (χ3n) is 4.45. The Balaban J connectivity index is 1.97. The molecule has 2 atom stereocenters. The summed E-state index contributed by atoms with van der Waals surface area (Å²) in [7, 11) is 0. The number of hydrogen-bond donors (Lipinski definition) is 1. The Hall–Kier alpha value is -2.13. The highest BCUT2D eigenvalue weighted by molar-refractivity contribution is 5.78. The molecule has 2 heterocycles. The summed E-state index contributed by atoms with van der Waals surface area (Å²) < 4.78 is 2.32. The zero-order valence-corrected chi connectivity index (χ0v) is 12.2. The summed E-state index contributed by atoms with van der Waals surface area (Å²) in [6.45, 7) is 4.39. The number of fused-ring (bicyclic) bond motifs is 1. The van der Waals surface area contributed by atoms with E-state index in [1.165, 1.54) is 17.0 Å². The van der Waals surface area contributed by atoms with Gasteiger partial charge in [0, 0.05) is 18.2 Å². The number of rotatable bonds is 2. The van der Waals surface area contributed by atoms with E-state index in [4.69, 9.17) is 4.98 Å². The molecule has 3 aromatic rings. The van der Waals surface area contributed by atoms with Gasteiger partial charge in [0.15, 0.2) is 0 Å². The van der Waals surface area contributed by atoms with Crippen molar-refractivity contribution < 1.29 is 0 Å². The maximum absolute atomic E-state index is 4.94.